The number of hydrazone groups is 1. The quantitative estimate of drug-likeness (QED) is 0.149. The predicted molar refractivity (Wildman–Crippen MR) is 168 cm³/mol. The second kappa shape index (κ2) is 12.4. The number of benzene rings is 3. The summed E-state index contributed by atoms with van der Waals surface area (Å²) in [6.45, 7) is 1.000. The van der Waals surface area contributed by atoms with Crippen molar-refractivity contribution in [1.82, 2.24) is 10.0 Å². The molecule has 14 heteroatoms. The highest BCUT2D eigenvalue weighted by molar-refractivity contribution is 6.40. The van der Waals surface area contributed by atoms with Gasteiger partial charge in [0.15, 0.2) is 12.6 Å². The number of carboxylic acid groups (broad SMARTS) is 1. The van der Waals surface area contributed by atoms with E-state index in [1.807, 2.05) is 4.90 Å². The molecule has 3 aromatic carbocycles. The number of hydrogen-bond donors (Lipinski definition) is 3. The second-order valence-corrected chi connectivity index (χ2v) is 12.1. The number of carbonyl (C=O) groups is 2. The van der Waals surface area contributed by atoms with E-state index in [9.17, 15) is 14.7 Å². The summed E-state index contributed by atoms with van der Waals surface area (Å²) in [5.74, 6) is 3.63. The van der Waals surface area contributed by atoms with Crippen molar-refractivity contribution in [2.45, 2.75) is 38.0 Å². The van der Waals surface area contributed by atoms with E-state index in [-0.39, 0.29) is 58.0 Å². The summed E-state index contributed by atoms with van der Waals surface area (Å²) in [6.07, 6.45) is 2.73. The Hall–Kier alpha value is -4.10. The van der Waals surface area contributed by atoms with E-state index in [4.69, 9.17) is 44.3 Å². The maximum atomic E-state index is 15.7. The van der Waals surface area contributed by atoms with Gasteiger partial charge in [-0.25, -0.2) is 20.1 Å². The lowest BCUT2D eigenvalue weighted by molar-refractivity contribution is 0.0305. The van der Waals surface area contributed by atoms with Gasteiger partial charge in [-0.2, -0.15) is 0 Å². The number of fused-ring (bicyclic) bond motifs is 5. The van der Waals surface area contributed by atoms with Gasteiger partial charge in [0.2, 0.25) is 0 Å². The fraction of sp³-hybridized carbons (Fsp3) is 0.323. The molecule has 236 valence electrons. The number of halogens is 3. The summed E-state index contributed by atoms with van der Waals surface area (Å²) >= 11 is 13.0. The molecule has 2 atom stereocenters. The number of ether oxygens (including phenoxy) is 2. The molecule has 0 radical (unpaired) electrons. The largest absolute Gasteiger partial charge is 0.478 e. The van der Waals surface area contributed by atoms with Crippen molar-refractivity contribution in [3.63, 3.8) is 0 Å². The van der Waals surface area contributed by atoms with E-state index in [0.29, 0.717) is 41.3 Å². The van der Waals surface area contributed by atoms with Crippen LogP contribution in [0.1, 0.15) is 51.1 Å². The first-order chi connectivity index (χ1) is 21.5. The molecule has 5 N–H and O–H groups in total. The summed E-state index contributed by atoms with van der Waals surface area (Å²) in [5, 5.41) is 15.1. The number of morpholine rings is 1. The van der Waals surface area contributed by atoms with Crippen LogP contribution in [0.4, 0.5) is 10.1 Å². The van der Waals surface area contributed by atoms with Crippen LogP contribution in [0.5, 0.6) is 5.75 Å². The van der Waals surface area contributed by atoms with Gasteiger partial charge in [0.25, 0.3) is 5.91 Å². The molecule has 1 amide bonds. The number of amidine groups is 1. The summed E-state index contributed by atoms with van der Waals surface area (Å²) < 4.78 is 27.7. The fourth-order valence-corrected chi connectivity index (χ4v) is 6.80. The molecule has 4 aliphatic heterocycles. The normalized spacial score (nSPS) is 19.5. The predicted octanol–water partition coefficient (Wildman–Crippen LogP) is 4.67. The zero-order chi connectivity index (χ0) is 32.0. The monoisotopic (exact) mass is 656 g/mol. The lowest BCUT2D eigenvalue weighted by Crippen LogP contribution is -2.48. The van der Waals surface area contributed by atoms with E-state index < -0.39 is 17.7 Å². The topological polar surface area (TPSA) is 147 Å². The zero-order valence-corrected chi connectivity index (χ0v) is 25.8. The van der Waals surface area contributed by atoms with Gasteiger partial charge in [-0.05, 0) is 43.5 Å². The van der Waals surface area contributed by atoms with E-state index >= 15 is 4.39 Å². The van der Waals surface area contributed by atoms with Gasteiger partial charge < -0.3 is 30.1 Å². The van der Waals surface area contributed by atoms with Gasteiger partial charge in [0.1, 0.15) is 11.6 Å². The minimum Gasteiger partial charge on any atom is -0.478 e. The molecular formula is C31H31Cl2FN6O5. The first kappa shape index (κ1) is 30.9. The number of carboxylic acids is 1. The van der Waals surface area contributed by atoms with Crippen LogP contribution in [0.3, 0.4) is 0 Å². The van der Waals surface area contributed by atoms with Crippen molar-refractivity contribution in [3.05, 3.63) is 80.6 Å². The number of hydrazine groups is 1. The molecule has 3 saturated heterocycles. The number of carbonyl (C=O) groups excluding carboxylic acids is 1. The Balaban J connectivity index is 1.32. The van der Waals surface area contributed by atoms with Gasteiger partial charge >= 0.3 is 5.97 Å². The SMILES string of the molecule is CN(N)/N=C(\N)c1cc(Cl)c(C(=O)N2COc3c(cccc3-c3cc(N4CC5CCCC4CO5)c(C(=O)O)cc3F)C2)c(Cl)c1. The van der Waals surface area contributed by atoms with Crippen LogP contribution < -0.4 is 21.2 Å². The maximum Gasteiger partial charge on any atom is 0.337 e. The van der Waals surface area contributed by atoms with E-state index in [2.05, 4.69) is 5.10 Å². The summed E-state index contributed by atoms with van der Waals surface area (Å²) in [6, 6.07) is 10.8. The molecule has 4 aliphatic rings. The van der Waals surface area contributed by atoms with Crippen molar-refractivity contribution >= 4 is 46.6 Å². The standard InChI is InChI=1S/C31H31Cl2FN6O5/c1-38(36)37-29(35)17-8-23(32)27(24(33)9-17)30(41)39-12-16-4-2-7-20(28(16)45-15-39)21-11-26(22(31(42)43)10-25(21)34)40-13-19-6-3-5-18(40)14-44-19/h2,4,7-11,18-19H,3,5-6,12-15,36H2,1H3,(H2,35,37)(H,42,43). The molecule has 2 unspecified atom stereocenters. The summed E-state index contributed by atoms with van der Waals surface area (Å²) in [4.78, 5) is 29.3. The molecule has 0 spiro atoms. The number of nitrogens with two attached hydrogens (primary N) is 2. The number of anilines is 1. The van der Waals surface area contributed by atoms with Gasteiger partial charge in [0.05, 0.1) is 52.2 Å². The van der Waals surface area contributed by atoms with Crippen LogP contribution in [0.15, 0.2) is 47.6 Å². The third kappa shape index (κ3) is 5.98. The van der Waals surface area contributed by atoms with Crippen LogP contribution in [-0.2, 0) is 11.3 Å². The third-order valence-electron chi connectivity index (χ3n) is 8.27. The minimum atomic E-state index is -1.20. The molecule has 11 nitrogen and oxygen atoms in total. The number of para-hydroxylation sites is 1. The number of aromatic carboxylic acids is 1. The molecule has 0 aliphatic carbocycles. The van der Waals surface area contributed by atoms with Crippen LogP contribution in [0.25, 0.3) is 11.1 Å². The molecular weight excluding hydrogens is 626 g/mol. The molecule has 4 heterocycles. The van der Waals surface area contributed by atoms with Gasteiger partial charge in [-0.15, -0.1) is 5.10 Å². The van der Waals surface area contributed by atoms with Crippen LogP contribution >= 0.6 is 23.2 Å². The van der Waals surface area contributed by atoms with Gasteiger partial charge in [-0.1, -0.05) is 41.4 Å². The maximum absolute atomic E-state index is 15.7. The van der Waals surface area contributed by atoms with Crippen molar-refractivity contribution < 1.29 is 28.6 Å². The van der Waals surface area contributed by atoms with Gasteiger partial charge in [-0.3, -0.25) is 4.79 Å². The number of hydrogen-bond acceptors (Lipinski definition) is 8. The van der Waals surface area contributed by atoms with Crippen molar-refractivity contribution in [2.75, 3.05) is 31.8 Å². The lowest BCUT2D eigenvalue weighted by atomic mass is 9.96. The zero-order valence-electron chi connectivity index (χ0n) is 24.3. The van der Waals surface area contributed by atoms with Crippen molar-refractivity contribution in [2.24, 2.45) is 16.7 Å². The lowest BCUT2D eigenvalue weighted by Gasteiger charge is -2.39. The number of nitrogens with zero attached hydrogens (tertiary/aromatic N) is 4. The smallest absolute Gasteiger partial charge is 0.337 e. The van der Waals surface area contributed by atoms with E-state index in [0.717, 1.165) is 30.4 Å². The average Bonchev–Trinajstić information content (AvgIpc) is 3.36. The van der Waals surface area contributed by atoms with E-state index in [1.54, 1.807) is 24.3 Å². The number of rotatable bonds is 6. The van der Waals surface area contributed by atoms with Crippen molar-refractivity contribution in [3.8, 4) is 16.9 Å². The molecule has 7 rings (SSSR count). The highest BCUT2D eigenvalue weighted by Gasteiger charge is 2.35. The molecule has 3 fully saturated rings. The molecule has 0 aromatic heterocycles. The van der Waals surface area contributed by atoms with E-state index in [1.165, 1.54) is 24.1 Å². The van der Waals surface area contributed by atoms with Crippen LogP contribution in [0.2, 0.25) is 10.0 Å². The Bertz CT molecular complexity index is 1690. The fourth-order valence-electron chi connectivity index (χ4n) is 6.15. The van der Waals surface area contributed by atoms with Gasteiger partial charge in [0, 0.05) is 35.8 Å². The second-order valence-electron chi connectivity index (χ2n) is 11.3. The molecule has 3 aromatic rings. The Labute approximate surface area is 268 Å². The Morgan fingerprint density at radius 2 is 1.89 bits per heavy atom. The first-order valence-electron chi connectivity index (χ1n) is 14.3. The minimum absolute atomic E-state index is 0.000824. The third-order valence-corrected chi connectivity index (χ3v) is 8.87. The Morgan fingerprint density at radius 1 is 1.13 bits per heavy atom. The Kier molecular flexibility index (Phi) is 8.49. The highest BCUT2D eigenvalue weighted by Crippen LogP contribution is 2.42. The highest BCUT2D eigenvalue weighted by atomic mass is 35.5. The average molecular weight is 658 g/mol. The van der Waals surface area contributed by atoms with Crippen LogP contribution in [-0.4, -0.2) is 71.9 Å². The van der Waals surface area contributed by atoms with Crippen molar-refractivity contribution in [1.29, 1.82) is 0 Å². The summed E-state index contributed by atoms with van der Waals surface area (Å²) in [7, 11) is 1.50. The van der Waals surface area contributed by atoms with Crippen LogP contribution in [0, 0.1) is 5.82 Å². The molecule has 2 bridgehead atoms. The number of amides is 1. The molecule has 0 saturated carbocycles. The first-order valence-corrected chi connectivity index (χ1v) is 15.1. The molecule has 45 heavy (non-hydrogen) atoms. The summed E-state index contributed by atoms with van der Waals surface area (Å²) in [5.41, 5.74) is 8.04. The Morgan fingerprint density at radius 3 is 2.60 bits per heavy atom.